The SMILES string of the molecule is CC1CN(CCc2cnc(C(C)C)c3ccccc23)CC(C)O1. The van der Waals surface area contributed by atoms with Crippen LogP contribution >= 0.6 is 0 Å². The summed E-state index contributed by atoms with van der Waals surface area (Å²) < 4.78 is 5.83. The van der Waals surface area contributed by atoms with E-state index in [-0.39, 0.29) is 0 Å². The summed E-state index contributed by atoms with van der Waals surface area (Å²) in [6, 6.07) is 8.70. The highest BCUT2D eigenvalue weighted by atomic mass is 16.5. The summed E-state index contributed by atoms with van der Waals surface area (Å²) in [4.78, 5) is 7.27. The molecule has 1 aliphatic rings. The minimum atomic E-state index is 0.330. The van der Waals surface area contributed by atoms with Crippen molar-refractivity contribution in [2.24, 2.45) is 0 Å². The van der Waals surface area contributed by atoms with Crippen LogP contribution in [0.5, 0.6) is 0 Å². The number of hydrogen-bond donors (Lipinski definition) is 0. The van der Waals surface area contributed by atoms with Crippen molar-refractivity contribution in [3.05, 3.63) is 41.7 Å². The molecule has 2 unspecified atom stereocenters. The number of ether oxygens (including phenoxy) is 1. The zero-order valence-corrected chi connectivity index (χ0v) is 14.7. The van der Waals surface area contributed by atoms with Crippen LogP contribution in [0.25, 0.3) is 10.8 Å². The first-order valence-corrected chi connectivity index (χ1v) is 8.79. The molecule has 3 rings (SSSR count). The van der Waals surface area contributed by atoms with Gasteiger partial charge in [0.1, 0.15) is 0 Å². The van der Waals surface area contributed by atoms with Gasteiger partial charge in [-0.05, 0) is 37.1 Å². The van der Waals surface area contributed by atoms with Gasteiger partial charge >= 0.3 is 0 Å². The average molecular weight is 312 g/mol. The van der Waals surface area contributed by atoms with E-state index in [0.29, 0.717) is 18.1 Å². The topological polar surface area (TPSA) is 25.4 Å². The number of nitrogens with zero attached hydrogens (tertiary/aromatic N) is 2. The van der Waals surface area contributed by atoms with Gasteiger partial charge in [0.25, 0.3) is 0 Å². The Morgan fingerprint density at radius 1 is 1.13 bits per heavy atom. The van der Waals surface area contributed by atoms with Crippen LogP contribution in [0, 0.1) is 0 Å². The number of benzene rings is 1. The summed E-state index contributed by atoms with van der Waals surface area (Å²) in [6.07, 6.45) is 3.80. The van der Waals surface area contributed by atoms with E-state index >= 15 is 0 Å². The van der Waals surface area contributed by atoms with Crippen molar-refractivity contribution in [3.63, 3.8) is 0 Å². The largest absolute Gasteiger partial charge is 0.373 e. The van der Waals surface area contributed by atoms with Crippen LogP contribution in [0.3, 0.4) is 0 Å². The van der Waals surface area contributed by atoms with Crippen LogP contribution in [-0.4, -0.2) is 41.7 Å². The number of rotatable bonds is 4. The molecule has 2 atom stereocenters. The van der Waals surface area contributed by atoms with Gasteiger partial charge in [-0.15, -0.1) is 0 Å². The van der Waals surface area contributed by atoms with Crippen LogP contribution in [0.1, 0.15) is 44.9 Å². The van der Waals surface area contributed by atoms with Gasteiger partial charge in [0.05, 0.1) is 17.9 Å². The molecule has 2 aromatic rings. The van der Waals surface area contributed by atoms with Crippen molar-refractivity contribution < 1.29 is 4.74 Å². The lowest BCUT2D eigenvalue weighted by Crippen LogP contribution is -2.46. The Morgan fingerprint density at radius 3 is 2.43 bits per heavy atom. The third kappa shape index (κ3) is 3.73. The molecule has 0 saturated carbocycles. The van der Waals surface area contributed by atoms with Crippen molar-refractivity contribution >= 4 is 10.8 Å². The van der Waals surface area contributed by atoms with Crippen LogP contribution in [0.4, 0.5) is 0 Å². The third-order valence-corrected chi connectivity index (χ3v) is 4.65. The standard InChI is InChI=1S/C20H28N2O/c1-14(2)20-19-8-6-5-7-18(19)17(11-21-20)9-10-22-12-15(3)23-16(4)13-22/h5-8,11,14-16H,9-10,12-13H2,1-4H3. The van der Waals surface area contributed by atoms with Crippen LogP contribution in [0.2, 0.25) is 0 Å². The van der Waals surface area contributed by atoms with E-state index in [2.05, 4.69) is 63.1 Å². The number of aromatic nitrogens is 1. The van der Waals surface area contributed by atoms with Gasteiger partial charge in [-0.25, -0.2) is 0 Å². The van der Waals surface area contributed by atoms with E-state index in [9.17, 15) is 0 Å². The summed E-state index contributed by atoms with van der Waals surface area (Å²) >= 11 is 0. The van der Waals surface area contributed by atoms with E-state index < -0.39 is 0 Å². The third-order valence-electron chi connectivity index (χ3n) is 4.65. The van der Waals surface area contributed by atoms with Crippen molar-refractivity contribution in [2.75, 3.05) is 19.6 Å². The van der Waals surface area contributed by atoms with E-state index in [1.54, 1.807) is 0 Å². The van der Waals surface area contributed by atoms with Crippen LogP contribution < -0.4 is 0 Å². The first-order chi connectivity index (χ1) is 11.0. The molecule has 1 aromatic heterocycles. The van der Waals surface area contributed by atoms with Crippen LogP contribution in [-0.2, 0) is 11.2 Å². The Labute approximate surface area is 139 Å². The number of hydrogen-bond acceptors (Lipinski definition) is 3. The fourth-order valence-corrected chi connectivity index (χ4v) is 3.68. The zero-order valence-electron chi connectivity index (χ0n) is 14.7. The molecule has 0 radical (unpaired) electrons. The quantitative estimate of drug-likeness (QED) is 0.853. The molecule has 1 aliphatic heterocycles. The minimum Gasteiger partial charge on any atom is -0.373 e. The van der Waals surface area contributed by atoms with Gasteiger partial charge < -0.3 is 4.74 Å². The van der Waals surface area contributed by atoms with Crippen molar-refractivity contribution in [1.82, 2.24) is 9.88 Å². The minimum absolute atomic E-state index is 0.330. The maximum atomic E-state index is 5.83. The lowest BCUT2D eigenvalue weighted by Gasteiger charge is -2.35. The maximum Gasteiger partial charge on any atom is 0.0678 e. The average Bonchev–Trinajstić information content (AvgIpc) is 2.51. The molecule has 2 heterocycles. The van der Waals surface area contributed by atoms with Gasteiger partial charge in [0.15, 0.2) is 0 Å². The summed E-state index contributed by atoms with van der Waals surface area (Å²) in [7, 11) is 0. The molecule has 23 heavy (non-hydrogen) atoms. The second-order valence-electron chi connectivity index (χ2n) is 7.14. The number of pyridine rings is 1. The Bertz CT molecular complexity index is 658. The highest BCUT2D eigenvalue weighted by Crippen LogP contribution is 2.26. The van der Waals surface area contributed by atoms with Crippen molar-refractivity contribution in [1.29, 1.82) is 0 Å². The molecule has 0 bridgehead atoms. The summed E-state index contributed by atoms with van der Waals surface area (Å²) in [5.41, 5.74) is 2.56. The number of fused-ring (bicyclic) bond motifs is 1. The lowest BCUT2D eigenvalue weighted by atomic mass is 9.98. The Hall–Kier alpha value is -1.45. The highest BCUT2D eigenvalue weighted by Gasteiger charge is 2.22. The van der Waals surface area contributed by atoms with Crippen molar-refractivity contribution in [2.45, 2.75) is 52.2 Å². The zero-order chi connectivity index (χ0) is 16.4. The van der Waals surface area contributed by atoms with Gasteiger partial charge in [0.2, 0.25) is 0 Å². The molecule has 124 valence electrons. The first-order valence-electron chi connectivity index (χ1n) is 8.79. The molecule has 1 saturated heterocycles. The summed E-state index contributed by atoms with van der Waals surface area (Å²) in [5, 5.41) is 2.67. The molecular formula is C20H28N2O. The van der Waals surface area contributed by atoms with Gasteiger partial charge in [-0.3, -0.25) is 9.88 Å². The number of morpholine rings is 1. The smallest absolute Gasteiger partial charge is 0.0678 e. The van der Waals surface area contributed by atoms with E-state index in [4.69, 9.17) is 9.72 Å². The fraction of sp³-hybridized carbons (Fsp3) is 0.550. The van der Waals surface area contributed by atoms with Gasteiger partial charge in [0, 0.05) is 31.2 Å². The normalized spacial score (nSPS) is 22.8. The maximum absolute atomic E-state index is 5.83. The van der Waals surface area contributed by atoms with Gasteiger partial charge in [-0.2, -0.15) is 0 Å². The van der Waals surface area contributed by atoms with E-state index in [1.165, 1.54) is 22.0 Å². The second-order valence-corrected chi connectivity index (χ2v) is 7.14. The molecule has 1 aromatic carbocycles. The Balaban J connectivity index is 1.80. The van der Waals surface area contributed by atoms with Crippen molar-refractivity contribution in [3.8, 4) is 0 Å². The Kier molecular flexibility index (Phi) is 4.98. The molecule has 1 fully saturated rings. The molecule has 3 heteroatoms. The predicted molar refractivity (Wildman–Crippen MR) is 96.0 cm³/mol. The predicted octanol–water partition coefficient (Wildman–Crippen LogP) is 4.01. The second kappa shape index (κ2) is 6.98. The summed E-state index contributed by atoms with van der Waals surface area (Å²) in [6.45, 7) is 11.9. The molecule has 0 amide bonds. The molecular weight excluding hydrogens is 284 g/mol. The first kappa shape index (κ1) is 16.4. The Morgan fingerprint density at radius 2 is 1.78 bits per heavy atom. The van der Waals surface area contributed by atoms with Gasteiger partial charge in [-0.1, -0.05) is 38.1 Å². The summed E-state index contributed by atoms with van der Waals surface area (Å²) in [5.74, 6) is 0.454. The highest BCUT2D eigenvalue weighted by molar-refractivity contribution is 5.87. The molecule has 0 aliphatic carbocycles. The van der Waals surface area contributed by atoms with E-state index in [0.717, 1.165) is 26.1 Å². The lowest BCUT2D eigenvalue weighted by molar-refractivity contribution is -0.0675. The monoisotopic (exact) mass is 312 g/mol. The molecule has 0 spiro atoms. The van der Waals surface area contributed by atoms with E-state index in [1.807, 2.05) is 0 Å². The van der Waals surface area contributed by atoms with Crippen LogP contribution in [0.15, 0.2) is 30.5 Å². The molecule has 0 N–H and O–H groups in total. The fourth-order valence-electron chi connectivity index (χ4n) is 3.68. The molecule has 3 nitrogen and oxygen atoms in total.